The molecule has 1 amide bonds. The Morgan fingerprint density at radius 1 is 1.35 bits per heavy atom. The molecule has 2 rings (SSSR count). The van der Waals surface area contributed by atoms with E-state index in [1.54, 1.807) is 0 Å². The van der Waals surface area contributed by atoms with Crippen LogP contribution in [0.3, 0.4) is 0 Å². The summed E-state index contributed by atoms with van der Waals surface area (Å²) >= 11 is 0. The van der Waals surface area contributed by atoms with Crippen molar-refractivity contribution in [3.05, 3.63) is 0 Å². The quantitative estimate of drug-likeness (QED) is 0.814. The van der Waals surface area contributed by atoms with Gasteiger partial charge in [-0.3, -0.25) is 4.79 Å². The zero-order valence-electron chi connectivity index (χ0n) is 11.2. The molecule has 2 unspecified atom stereocenters. The van der Waals surface area contributed by atoms with Gasteiger partial charge in [0, 0.05) is 25.0 Å². The molecule has 0 aromatic rings. The van der Waals surface area contributed by atoms with E-state index >= 15 is 0 Å². The monoisotopic (exact) mass is 238 g/mol. The van der Waals surface area contributed by atoms with Crippen LogP contribution in [0.4, 0.5) is 0 Å². The zero-order chi connectivity index (χ0) is 12.3. The first-order valence-corrected chi connectivity index (χ1v) is 7.21. The Kier molecular flexibility index (Phi) is 4.43. The van der Waals surface area contributed by atoms with Gasteiger partial charge in [-0.15, -0.1) is 0 Å². The van der Waals surface area contributed by atoms with E-state index in [-0.39, 0.29) is 0 Å². The summed E-state index contributed by atoms with van der Waals surface area (Å²) < 4.78 is 0. The van der Waals surface area contributed by atoms with Crippen LogP contribution in [0.1, 0.15) is 52.4 Å². The lowest BCUT2D eigenvalue weighted by Gasteiger charge is -2.29. The maximum atomic E-state index is 12.2. The third kappa shape index (κ3) is 3.21. The largest absolute Gasteiger partial charge is 0.338 e. The summed E-state index contributed by atoms with van der Waals surface area (Å²) in [6.07, 6.45) is 6.68. The second-order valence-electron chi connectivity index (χ2n) is 5.93. The van der Waals surface area contributed by atoms with Crippen molar-refractivity contribution in [1.29, 1.82) is 0 Å². The van der Waals surface area contributed by atoms with Crippen LogP contribution >= 0.6 is 0 Å². The Bertz CT molecular complexity index is 259. The molecule has 1 N–H and O–H groups in total. The van der Waals surface area contributed by atoms with Crippen LogP contribution in [-0.4, -0.2) is 36.0 Å². The first kappa shape index (κ1) is 12.9. The van der Waals surface area contributed by atoms with E-state index in [2.05, 4.69) is 24.1 Å². The van der Waals surface area contributed by atoms with Crippen molar-refractivity contribution in [2.24, 2.45) is 5.92 Å². The fourth-order valence-electron chi connectivity index (χ4n) is 3.12. The standard InChI is InChI=1S/C14H26N2O/c1-11(2)7-8-14(17)16-10-4-6-13(16)12-5-3-9-15-12/h11-13,15H,3-10H2,1-2H3. The van der Waals surface area contributed by atoms with E-state index in [1.807, 2.05) is 0 Å². The third-order valence-corrected chi connectivity index (χ3v) is 4.12. The van der Waals surface area contributed by atoms with E-state index in [0.29, 0.717) is 23.9 Å². The Labute approximate surface area is 105 Å². The Balaban J connectivity index is 1.87. The Morgan fingerprint density at radius 2 is 2.18 bits per heavy atom. The lowest BCUT2D eigenvalue weighted by Crippen LogP contribution is -2.46. The maximum absolute atomic E-state index is 12.2. The summed E-state index contributed by atoms with van der Waals surface area (Å²) in [5, 5.41) is 3.55. The fourth-order valence-corrected chi connectivity index (χ4v) is 3.12. The minimum Gasteiger partial charge on any atom is -0.338 e. The molecule has 3 heteroatoms. The normalized spacial score (nSPS) is 29.2. The highest BCUT2D eigenvalue weighted by Gasteiger charge is 2.35. The van der Waals surface area contributed by atoms with Gasteiger partial charge in [0.2, 0.25) is 5.91 Å². The second-order valence-corrected chi connectivity index (χ2v) is 5.93. The highest BCUT2D eigenvalue weighted by atomic mass is 16.2. The number of hydrogen-bond acceptors (Lipinski definition) is 2. The van der Waals surface area contributed by atoms with E-state index < -0.39 is 0 Å². The van der Waals surface area contributed by atoms with Crippen LogP contribution in [0, 0.1) is 5.92 Å². The lowest BCUT2D eigenvalue weighted by molar-refractivity contribution is -0.132. The molecule has 2 fully saturated rings. The van der Waals surface area contributed by atoms with Crippen molar-refractivity contribution in [3.8, 4) is 0 Å². The van der Waals surface area contributed by atoms with Gasteiger partial charge < -0.3 is 10.2 Å². The van der Waals surface area contributed by atoms with Gasteiger partial charge in [-0.1, -0.05) is 13.8 Å². The first-order valence-electron chi connectivity index (χ1n) is 7.21. The molecule has 2 aliphatic heterocycles. The number of hydrogen-bond donors (Lipinski definition) is 1. The van der Waals surface area contributed by atoms with E-state index in [4.69, 9.17) is 0 Å². The van der Waals surface area contributed by atoms with Crippen molar-refractivity contribution >= 4 is 5.91 Å². The number of carbonyl (C=O) groups is 1. The van der Waals surface area contributed by atoms with Crippen LogP contribution in [0.25, 0.3) is 0 Å². The Morgan fingerprint density at radius 3 is 2.82 bits per heavy atom. The average Bonchev–Trinajstić information content (AvgIpc) is 2.94. The molecule has 2 saturated heterocycles. The van der Waals surface area contributed by atoms with Gasteiger partial charge in [-0.2, -0.15) is 0 Å². The van der Waals surface area contributed by atoms with Gasteiger partial charge in [0.05, 0.1) is 0 Å². The molecule has 2 aliphatic rings. The summed E-state index contributed by atoms with van der Waals surface area (Å²) in [7, 11) is 0. The molecule has 3 nitrogen and oxygen atoms in total. The summed E-state index contributed by atoms with van der Waals surface area (Å²) in [6, 6.07) is 1.05. The molecule has 2 heterocycles. The summed E-state index contributed by atoms with van der Waals surface area (Å²) in [6.45, 7) is 6.50. The molecular formula is C14H26N2O. The number of amides is 1. The Hall–Kier alpha value is -0.570. The summed E-state index contributed by atoms with van der Waals surface area (Å²) in [5.41, 5.74) is 0. The van der Waals surface area contributed by atoms with Crippen LogP contribution in [0.5, 0.6) is 0 Å². The molecule has 0 spiro atoms. The molecule has 0 bridgehead atoms. The summed E-state index contributed by atoms with van der Waals surface area (Å²) in [4.78, 5) is 14.4. The number of likely N-dealkylation sites (tertiary alicyclic amines) is 1. The lowest BCUT2D eigenvalue weighted by atomic mass is 10.0. The van der Waals surface area contributed by atoms with E-state index in [9.17, 15) is 4.79 Å². The first-order chi connectivity index (χ1) is 8.18. The van der Waals surface area contributed by atoms with Crippen molar-refractivity contribution in [1.82, 2.24) is 10.2 Å². The molecule has 0 saturated carbocycles. The maximum Gasteiger partial charge on any atom is 0.222 e. The number of nitrogens with zero attached hydrogens (tertiary/aromatic N) is 1. The van der Waals surface area contributed by atoms with Crippen LogP contribution in [-0.2, 0) is 4.79 Å². The molecule has 17 heavy (non-hydrogen) atoms. The van der Waals surface area contributed by atoms with Crippen molar-refractivity contribution in [3.63, 3.8) is 0 Å². The molecule has 0 aromatic carbocycles. The fraction of sp³-hybridized carbons (Fsp3) is 0.929. The van der Waals surface area contributed by atoms with Gasteiger partial charge in [0.15, 0.2) is 0 Å². The second kappa shape index (κ2) is 5.85. The predicted molar refractivity (Wildman–Crippen MR) is 69.8 cm³/mol. The van der Waals surface area contributed by atoms with Crippen molar-refractivity contribution in [2.75, 3.05) is 13.1 Å². The molecule has 98 valence electrons. The summed E-state index contributed by atoms with van der Waals surface area (Å²) in [5.74, 6) is 1.01. The van der Waals surface area contributed by atoms with Crippen molar-refractivity contribution in [2.45, 2.75) is 64.5 Å². The van der Waals surface area contributed by atoms with Gasteiger partial charge in [-0.25, -0.2) is 0 Å². The number of carbonyl (C=O) groups excluding carboxylic acids is 1. The number of rotatable bonds is 4. The van der Waals surface area contributed by atoms with Gasteiger partial charge in [0.1, 0.15) is 0 Å². The third-order valence-electron chi connectivity index (χ3n) is 4.12. The molecule has 0 aromatic heterocycles. The molecular weight excluding hydrogens is 212 g/mol. The highest BCUT2D eigenvalue weighted by molar-refractivity contribution is 5.76. The predicted octanol–water partition coefficient (Wildman–Crippen LogP) is 2.17. The number of nitrogens with one attached hydrogen (secondary N) is 1. The molecule has 2 atom stereocenters. The van der Waals surface area contributed by atoms with E-state index in [1.165, 1.54) is 25.7 Å². The minimum atomic E-state index is 0.384. The minimum absolute atomic E-state index is 0.384. The van der Waals surface area contributed by atoms with Gasteiger partial charge >= 0.3 is 0 Å². The SMILES string of the molecule is CC(C)CCC(=O)N1CCCC1C1CCCN1. The van der Waals surface area contributed by atoms with Crippen LogP contribution in [0.15, 0.2) is 0 Å². The van der Waals surface area contributed by atoms with Crippen LogP contribution in [0.2, 0.25) is 0 Å². The average molecular weight is 238 g/mol. The van der Waals surface area contributed by atoms with Crippen LogP contribution < -0.4 is 5.32 Å². The molecule has 0 radical (unpaired) electrons. The highest BCUT2D eigenvalue weighted by Crippen LogP contribution is 2.25. The van der Waals surface area contributed by atoms with Gasteiger partial charge in [0.25, 0.3) is 0 Å². The van der Waals surface area contributed by atoms with Gasteiger partial charge in [-0.05, 0) is 44.6 Å². The van der Waals surface area contributed by atoms with Crippen molar-refractivity contribution < 1.29 is 4.79 Å². The van der Waals surface area contributed by atoms with E-state index in [0.717, 1.165) is 25.9 Å². The molecule has 0 aliphatic carbocycles. The zero-order valence-corrected chi connectivity index (χ0v) is 11.2. The topological polar surface area (TPSA) is 32.3 Å². The smallest absolute Gasteiger partial charge is 0.222 e.